The Kier molecular flexibility index (Phi) is 5.48. The lowest BCUT2D eigenvalue weighted by atomic mass is 10.0. The standard InChI is InChI=1S/C22H12BrClN2O4/c23-14-3-10-20-18(11-14)19(12-21(25-20)13-1-4-15(24)5-2-13)22(27)30-17-8-6-16(7-9-17)26(28)29/h1-12H. The second-order valence-electron chi connectivity index (χ2n) is 6.36. The van der Waals surface area contributed by atoms with Crippen LogP contribution in [0.15, 0.2) is 77.3 Å². The number of nitro benzene ring substituents is 1. The first-order valence-electron chi connectivity index (χ1n) is 8.73. The fourth-order valence-corrected chi connectivity index (χ4v) is 3.42. The van der Waals surface area contributed by atoms with E-state index in [4.69, 9.17) is 16.3 Å². The van der Waals surface area contributed by atoms with Crippen LogP contribution >= 0.6 is 27.5 Å². The highest BCUT2D eigenvalue weighted by Gasteiger charge is 2.17. The summed E-state index contributed by atoms with van der Waals surface area (Å²) in [5.74, 6) is -0.386. The maximum atomic E-state index is 13.0. The van der Waals surface area contributed by atoms with E-state index in [1.807, 2.05) is 24.3 Å². The molecule has 6 nitrogen and oxygen atoms in total. The molecule has 1 aromatic heterocycles. The van der Waals surface area contributed by atoms with Crippen LogP contribution < -0.4 is 4.74 Å². The van der Waals surface area contributed by atoms with E-state index in [1.165, 1.54) is 24.3 Å². The number of fused-ring (bicyclic) bond motifs is 1. The molecule has 0 bridgehead atoms. The molecule has 0 saturated carbocycles. The number of carbonyl (C=O) groups is 1. The van der Waals surface area contributed by atoms with Gasteiger partial charge in [-0.15, -0.1) is 0 Å². The van der Waals surface area contributed by atoms with E-state index in [0.29, 0.717) is 27.2 Å². The molecule has 0 N–H and O–H groups in total. The third-order valence-electron chi connectivity index (χ3n) is 4.39. The minimum absolute atomic E-state index is 0.0851. The van der Waals surface area contributed by atoms with Crippen molar-refractivity contribution in [1.29, 1.82) is 0 Å². The highest BCUT2D eigenvalue weighted by Crippen LogP contribution is 2.29. The lowest BCUT2D eigenvalue weighted by molar-refractivity contribution is -0.384. The number of non-ortho nitro benzene ring substituents is 1. The minimum atomic E-state index is -0.593. The van der Waals surface area contributed by atoms with Gasteiger partial charge in [0, 0.05) is 32.6 Å². The van der Waals surface area contributed by atoms with Gasteiger partial charge in [-0.05, 0) is 48.5 Å². The van der Waals surface area contributed by atoms with E-state index in [9.17, 15) is 14.9 Å². The Morgan fingerprint density at radius 1 is 1.00 bits per heavy atom. The van der Waals surface area contributed by atoms with Crippen LogP contribution in [0.5, 0.6) is 5.75 Å². The molecule has 0 fully saturated rings. The summed E-state index contributed by atoms with van der Waals surface area (Å²) in [6.45, 7) is 0. The lowest BCUT2D eigenvalue weighted by Gasteiger charge is -2.10. The predicted octanol–water partition coefficient (Wildman–Crippen LogP) is 6.45. The molecule has 4 rings (SSSR count). The molecule has 0 radical (unpaired) electrons. The Labute approximate surface area is 184 Å². The van der Waals surface area contributed by atoms with Crippen molar-refractivity contribution < 1.29 is 14.5 Å². The van der Waals surface area contributed by atoms with Crippen molar-refractivity contribution in [2.75, 3.05) is 0 Å². The summed E-state index contributed by atoms with van der Waals surface area (Å²) in [5.41, 5.74) is 2.26. The fraction of sp³-hybridized carbons (Fsp3) is 0. The molecular weight excluding hydrogens is 472 g/mol. The maximum absolute atomic E-state index is 13.0. The second kappa shape index (κ2) is 8.22. The van der Waals surface area contributed by atoms with Crippen molar-refractivity contribution in [3.63, 3.8) is 0 Å². The number of hydrogen-bond acceptors (Lipinski definition) is 5. The summed E-state index contributed by atoms with van der Waals surface area (Å²) in [6.07, 6.45) is 0. The number of ether oxygens (including phenoxy) is 1. The van der Waals surface area contributed by atoms with Crippen LogP contribution in [0.1, 0.15) is 10.4 Å². The molecule has 0 aliphatic carbocycles. The number of benzene rings is 3. The zero-order valence-electron chi connectivity index (χ0n) is 15.2. The van der Waals surface area contributed by atoms with Crippen LogP contribution in [0, 0.1) is 10.1 Å². The van der Waals surface area contributed by atoms with E-state index in [0.717, 1.165) is 10.0 Å². The van der Waals surface area contributed by atoms with E-state index in [2.05, 4.69) is 20.9 Å². The van der Waals surface area contributed by atoms with E-state index < -0.39 is 10.9 Å². The Morgan fingerprint density at radius 3 is 2.37 bits per heavy atom. The van der Waals surface area contributed by atoms with Gasteiger partial charge >= 0.3 is 5.97 Å². The van der Waals surface area contributed by atoms with Gasteiger partial charge in [0.05, 0.1) is 21.7 Å². The number of esters is 1. The van der Waals surface area contributed by atoms with Crippen molar-refractivity contribution in [2.45, 2.75) is 0 Å². The zero-order valence-corrected chi connectivity index (χ0v) is 17.6. The number of pyridine rings is 1. The van der Waals surface area contributed by atoms with Crippen LogP contribution in [0.2, 0.25) is 5.02 Å². The van der Waals surface area contributed by atoms with Gasteiger partial charge in [0.15, 0.2) is 0 Å². The Morgan fingerprint density at radius 2 is 1.70 bits per heavy atom. The number of aromatic nitrogens is 1. The van der Waals surface area contributed by atoms with Crippen molar-refractivity contribution in [2.24, 2.45) is 0 Å². The summed E-state index contributed by atoms with van der Waals surface area (Å²) in [7, 11) is 0. The SMILES string of the molecule is O=C(Oc1ccc([N+](=O)[O-])cc1)c1cc(-c2ccc(Cl)cc2)nc2ccc(Br)cc12. The van der Waals surface area contributed by atoms with Crippen molar-refractivity contribution >= 4 is 50.1 Å². The minimum Gasteiger partial charge on any atom is -0.423 e. The molecule has 0 atom stereocenters. The number of rotatable bonds is 4. The average Bonchev–Trinajstić information content (AvgIpc) is 2.74. The Bertz CT molecular complexity index is 1280. The molecule has 30 heavy (non-hydrogen) atoms. The average molecular weight is 484 g/mol. The van der Waals surface area contributed by atoms with Gasteiger partial charge in [-0.3, -0.25) is 10.1 Å². The van der Waals surface area contributed by atoms with Gasteiger partial charge in [-0.2, -0.15) is 0 Å². The Balaban J connectivity index is 1.77. The first-order valence-corrected chi connectivity index (χ1v) is 9.91. The first kappa shape index (κ1) is 20.0. The largest absolute Gasteiger partial charge is 0.423 e. The maximum Gasteiger partial charge on any atom is 0.344 e. The molecule has 0 amide bonds. The lowest BCUT2D eigenvalue weighted by Crippen LogP contribution is -2.10. The molecular formula is C22H12BrClN2O4. The molecule has 3 aromatic carbocycles. The summed E-state index contributed by atoms with van der Waals surface area (Å²) >= 11 is 9.39. The molecule has 0 saturated heterocycles. The van der Waals surface area contributed by atoms with Gasteiger partial charge in [0.1, 0.15) is 5.75 Å². The molecule has 8 heteroatoms. The van der Waals surface area contributed by atoms with E-state index >= 15 is 0 Å². The molecule has 4 aromatic rings. The summed E-state index contributed by atoms with van der Waals surface area (Å²) < 4.78 is 6.26. The third-order valence-corrected chi connectivity index (χ3v) is 5.13. The molecule has 1 heterocycles. The summed E-state index contributed by atoms with van der Waals surface area (Å²) in [6, 6.07) is 19.6. The van der Waals surface area contributed by atoms with Crippen LogP contribution in [0.25, 0.3) is 22.2 Å². The van der Waals surface area contributed by atoms with Crippen LogP contribution in [0.3, 0.4) is 0 Å². The molecule has 0 unspecified atom stereocenters. The van der Waals surface area contributed by atoms with Crippen LogP contribution in [-0.4, -0.2) is 15.9 Å². The molecule has 0 aliphatic heterocycles. The normalized spacial score (nSPS) is 10.7. The third kappa shape index (κ3) is 4.17. The number of carbonyl (C=O) groups excluding carboxylic acids is 1. The summed E-state index contributed by atoms with van der Waals surface area (Å²) in [5, 5.41) is 12.0. The van der Waals surface area contributed by atoms with Crippen LogP contribution in [-0.2, 0) is 0 Å². The molecule has 0 aliphatic rings. The monoisotopic (exact) mass is 482 g/mol. The smallest absolute Gasteiger partial charge is 0.344 e. The van der Waals surface area contributed by atoms with Crippen molar-refractivity contribution in [3.8, 4) is 17.0 Å². The van der Waals surface area contributed by atoms with Crippen molar-refractivity contribution in [1.82, 2.24) is 4.98 Å². The van der Waals surface area contributed by atoms with E-state index in [1.54, 1.807) is 24.3 Å². The molecule has 0 spiro atoms. The number of halogens is 2. The quantitative estimate of drug-likeness (QED) is 0.144. The first-order chi connectivity index (χ1) is 14.4. The highest BCUT2D eigenvalue weighted by atomic mass is 79.9. The van der Waals surface area contributed by atoms with Gasteiger partial charge in [-0.25, -0.2) is 9.78 Å². The number of nitrogens with zero attached hydrogens (tertiary/aromatic N) is 2. The topological polar surface area (TPSA) is 82.3 Å². The van der Waals surface area contributed by atoms with Crippen molar-refractivity contribution in [3.05, 3.63) is 98.0 Å². The molecule has 148 valence electrons. The predicted molar refractivity (Wildman–Crippen MR) is 118 cm³/mol. The van der Waals surface area contributed by atoms with Gasteiger partial charge in [0.25, 0.3) is 5.69 Å². The number of hydrogen-bond donors (Lipinski definition) is 0. The van der Waals surface area contributed by atoms with Gasteiger partial charge in [-0.1, -0.05) is 39.7 Å². The number of nitro groups is 1. The zero-order chi connectivity index (χ0) is 21.3. The summed E-state index contributed by atoms with van der Waals surface area (Å²) in [4.78, 5) is 27.9. The fourth-order valence-electron chi connectivity index (χ4n) is 2.93. The van der Waals surface area contributed by atoms with Gasteiger partial charge < -0.3 is 4.74 Å². The van der Waals surface area contributed by atoms with Crippen LogP contribution in [0.4, 0.5) is 5.69 Å². The highest BCUT2D eigenvalue weighted by molar-refractivity contribution is 9.10. The van der Waals surface area contributed by atoms with Gasteiger partial charge in [0.2, 0.25) is 0 Å². The Hall–Kier alpha value is -3.29. The van der Waals surface area contributed by atoms with E-state index in [-0.39, 0.29) is 11.4 Å². The second-order valence-corrected chi connectivity index (χ2v) is 7.72.